The number of hydrogen-bond acceptors (Lipinski definition) is 2. The van der Waals surface area contributed by atoms with Crippen LogP contribution in [-0.2, 0) is 19.5 Å². The van der Waals surface area contributed by atoms with Gasteiger partial charge in [-0.3, -0.25) is 4.79 Å². The number of nitrogens with one attached hydrogen (secondary N) is 2. The van der Waals surface area contributed by atoms with E-state index < -0.39 is 0 Å². The molecule has 4 heteroatoms. The highest BCUT2D eigenvalue weighted by Gasteiger charge is 2.15. The van der Waals surface area contributed by atoms with Crippen LogP contribution in [-0.4, -0.2) is 11.9 Å². The summed E-state index contributed by atoms with van der Waals surface area (Å²) in [5.41, 5.74) is 5.84. The molecule has 3 rings (SSSR count). The predicted molar refractivity (Wildman–Crippen MR) is 96.0 cm³/mol. The minimum absolute atomic E-state index is 0. The molecule has 1 atom stereocenters. The summed E-state index contributed by atoms with van der Waals surface area (Å²) in [7, 11) is 0. The molecule has 0 saturated carbocycles. The van der Waals surface area contributed by atoms with Crippen molar-refractivity contribution < 1.29 is 4.79 Å². The van der Waals surface area contributed by atoms with Crippen LogP contribution in [0.15, 0.2) is 42.5 Å². The van der Waals surface area contributed by atoms with Gasteiger partial charge in [0.05, 0.1) is 0 Å². The van der Waals surface area contributed by atoms with Crippen molar-refractivity contribution in [3.05, 3.63) is 70.3 Å². The van der Waals surface area contributed by atoms with Gasteiger partial charge >= 0.3 is 0 Å². The van der Waals surface area contributed by atoms with Crippen LogP contribution in [0, 0.1) is 6.92 Å². The molecule has 1 aliphatic rings. The van der Waals surface area contributed by atoms with Crippen LogP contribution in [0.25, 0.3) is 0 Å². The molecule has 1 aliphatic heterocycles. The zero-order valence-electron chi connectivity index (χ0n) is 13.6. The van der Waals surface area contributed by atoms with Crippen molar-refractivity contribution in [2.75, 3.05) is 0 Å². The topological polar surface area (TPSA) is 41.1 Å². The molecule has 122 valence electrons. The first-order valence-corrected chi connectivity index (χ1v) is 7.81. The van der Waals surface area contributed by atoms with Crippen LogP contribution >= 0.6 is 12.4 Å². The summed E-state index contributed by atoms with van der Waals surface area (Å²) < 4.78 is 0. The molecule has 0 spiro atoms. The van der Waals surface area contributed by atoms with E-state index in [0.717, 1.165) is 25.1 Å². The molecule has 3 nitrogen and oxygen atoms in total. The van der Waals surface area contributed by atoms with Crippen LogP contribution in [0.3, 0.4) is 0 Å². The molecule has 23 heavy (non-hydrogen) atoms. The predicted octanol–water partition coefficient (Wildman–Crippen LogP) is 3.38. The summed E-state index contributed by atoms with van der Waals surface area (Å²) in [5, 5.41) is 6.41. The Labute approximate surface area is 143 Å². The quantitative estimate of drug-likeness (QED) is 0.902. The van der Waals surface area contributed by atoms with Crippen molar-refractivity contribution in [2.24, 2.45) is 0 Å². The number of carbonyl (C=O) groups is 1. The number of aryl methyl sites for hydroxylation is 1. The molecule has 1 unspecified atom stereocenters. The van der Waals surface area contributed by atoms with Gasteiger partial charge in [0, 0.05) is 24.7 Å². The van der Waals surface area contributed by atoms with E-state index in [9.17, 15) is 4.79 Å². The van der Waals surface area contributed by atoms with Crippen molar-refractivity contribution in [3.8, 4) is 0 Å². The summed E-state index contributed by atoms with van der Waals surface area (Å²) in [6, 6.07) is 14.4. The van der Waals surface area contributed by atoms with Crippen molar-refractivity contribution in [2.45, 2.75) is 39.4 Å². The SMILES string of the molecule is Cc1ccccc1CC(C)NC(=O)c1ccc2c(c1)CNC2.Cl. The Morgan fingerprint density at radius 1 is 1.17 bits per heavy atom. The fraction of sp³-hybridized carbons (Fsp3) is 0.316. The molecule has 1 heterocycles. The number of hydrogen-bond donors (Lipinski definition) is 2. The van der Waals surface area contributed by atoms with Crippen molar-refractivity contribution in [3.63, 3.8) is 0 Å². The largest absolute Gasteiger partial charge is 0.349 e. The summed E-state index contributed by atoms with van der Waals surface area (Å²) in [5.74, 6) is 0.00999. The van der Waals surface area contributed by atoms with Gasteiger partial charge in [-0.25, -0.2) is 0 Å². The maximum absolute atomic E-state index is 12.4. The zero-order chi connectivity index (χ0) is 15.5. The average molecular weight is 331 g/mol. The van der Waals surface area contributed by atoms with Crippen LogP contribution in [0.5, 0.6) is 0 Å². The fourth-order valence-corrected chi connectivity index (χ4v) is 2.96. The van der Waals surface area contributed by atoms with Gasteiger partial charge in [0.25, 0.3) is 5.91 Å². The molecule has 0 aliphatic carbocycles. The lowest BCUT2D eigenvalue weighted by Crippen LogP contribution is -2.34. The van der Waals surface area contributed by atoms with Gasteiger partial charge in [0.1, 0.15) is 0 Å². The van der Waals surface area contributed by atoms with Crippen molar-refractivity contribution >= 4 is 18.3 Å². The van der Waals surface area contributed by atoms with Crippen LogP contribution in [0.1, 0.15) is 39.5 Å². The van der Waals surface area contributed by atoms with E-state index in [1.54, 1.807) is 0 Å². The van der Waals surface area contributed by atoms with E-state index in [1.807, 2.05) is 24.3 Å². The molecule has 2 aromatic rings. The number of benzene rings is 2. The smallest absolute Gasteiger partial charge is 0.251 e. The average Bonchev–Trinajstić information content (AvgIpc) is 2.97. The number of carbonyl (C=O) groups excluding carboxylic acids is 1. The third-order valence-corrected chi connectivity index (χ3v) is 4.26. The van der Waals surface area contributed by atoms with Gasteiger partial charge in [-0.05, 0) is 54.7 Å². The highest BCUT2D eigenvalue weighted by Crippen LogP contribution is 2.17. The van der Waals surface area contributed by atoms with E-state index in [0.29, 0.717) is 0 Å². The van der Waals surface area contributed by atoms with Gasteiger partial charge in [-0.2, -0.15) is 0 Å². The zero-order valence-corrected chi connectivity index (χ0v) is 14.4. The maximum atomic E-state index is 12.4. The van der Waals surface area contributed by atoms with Crippen LogP contribution < -0.4 is 10.6 Å². The number of amides is 1. The first kappa shape index (κ1) is 17.5. The maximum Gasteiger partial charge on any atom is 0.251 e. The summed E-state index contributed by atoms with van der Waals surface area (Å²) in [4.78, 5) is 12.4. The van der Waals surface area contributed by atoms with E-state index in [2.05, 4.69) is 42.7 Å². The number of fused-ring (bicyclic) bond motifs is 1. The summed E-state index contributed by atoms with van der Waals surface area (Å²) >= 11 is 0. The Bertz CT molecular complexity index is 700. The van der Waals surface area contributed by atoms with Crippen LogP contribution in [0.2, 0.25) is 0 Å². The fourth-order valence-electron chi connectivity index (χ4n) is 2.96. The second-order valence-corrected chi connectivity index (χ2v) is 6.09. The molecule has 2 aromatic carbocycles. The second-order valence-electron chi connectivity index (χ2n) is 6.09. The van der Waals surface area contributed by atoms with Gasteiger partial charge < -0.3 is 10.6 Å². The molecule has 2 N–H and O–H groups in total. The van der Waals surface area contributed by atoms with Gasteiger partial charge in [0.15, 0.2) is 0 Å². The molecular weight excluding hydrogens is 308 g/mol. The standard InChI is InChI=1S/C19H22N2O.ClH/c1-13-5-3-4-6-15(13)9-14(2)21-19(22)16-7-8-17-11-20-12-18(17)10-16;/h3-8,10,14,20H,9,11-12H2,1-2H3,(H,21,22);1H. The van der Waals surface area contributed by atoms with E-state index in [4.69, 9.17) is 0 Å². The Hall–Kier alpha value is -1.84. The first-order valence-electron chi connectivity index (χ1n) is 7.81. The third-order valence-electron chi connectivity index (χ3n) is 4.26. The molecule has 0 fully saturated rings. The molecule has 0 aromatic heterocycles. The van der Waals surface area contributed by atoms with Crippen molar-refractivity contribution in [1.82, 2.24) is 10.6 Å². The van der Waals surface area contributed by atoms with Gasteiger partial charge in [-0.1, -0.05) is 30.3 Å². The Kier molecular flexibility index (Phi) is 5.80. The lowest BCUT2D eigenvalue weighted by molar-refractivity contribution is 0.0940. The monoisotopic (exact) mass is 330 g/mol. The molecule has 1 amide bonds. The normalized spacial score (nSPS) is 13.8. The molecule has 0 bridgehead atoms. The highest BCUT2D eigenvalue weighted by molar-refractivity contribution is 5.94. The minimum Gasteiger partial charge on any atom is -0.349 e. The number of rotatable bonds is 4. The van der Waals surface area contributed by atoms with Crippen LogP contribution in [0.4, 0.5) is 0 Å². The molecule has 0 radical (unpaired) electrons. The minimum atomic E-state index is 0. The lowest BCUT2D eigenvalue weighted by Gasteiger charge is -2.16. The van der Waals surface area contributed by atoms with E-state index in [1.165, 1.54) is 22.3 Å². The summed E-state index contributed by atoms with van der Waals surface area (Å²) in [6.45, 7) is 5.92. The highest BCUT2D eigenvalue weighted by atomic mass is 35.5. The van der Waals surface area contributed by atoms with Gasteiger partial charge in [0.2, 0.25) is 0 Å². The summed E-state index contributed by atoms with van der Waals surface area (Å²) in [6.07, 6.45) is 0.852. The second kappa shape index (κ2) is 7.62. The van der Waals surface area contributed by atoms with Gasteiger partial charge in [-0.15, -0.1) is 12.4 Å². The third kappa shape index (κ3) is 4.12. The number of halogens is 1. The molecular formula is C19H23ClN2O. The molecule has 0 saturated heterocycles. The first-order chi connectivity index (χ1) is 10.6. The van der Waals surface area contributed by atoms with Crippen molar-refractivity contribution in [1.29, 1.82) is 0 Å². The Balaban J connectivity index is 0.00000192. The Morgan fingerprint density at radius 2 is 1.91 bits per heavy atom. The van der Waals surface area contributed by atoms with E-state index >= 15 is 0 Å². The lowest BCUT2D eigenvalue weighted by atomic mass is 10.0. The van der Waals surface area contributed by atoms with E-state index in [-0.39, 0.29) is 24.4 Å². The Morgan fingerprint density at radius 3 is 2.70 bits per heavy atom.